The number of amides is 2. The molecular weight excluding hydrogens is 410 g/mol. The molecule has 4 aliphatic rings. The van der Waals surface area contributed by atoms with Crippen molar-refractivity contribution in [2.75, 3.05) is 26.8 Å². The van der Waals surface area contributed by atoms with E-state index in [2.05, 4.69) is 15.6 Å². The van der Waals surface area contributed by atoms with Crippen LogP contribution in [0.4, 0.5) is 0 Å². The highest BCUT2D eigenvalue weighted by atomic mass is 16.5. The number of piperidine rings is 1. The van der Waals surface area contributed by atoms with Crippen molar-refractivity contribution < 1.29 is 19.1 Å². The van der Waals surface area contributed by atoms with E-state index < -0.39 is 0 Å². The van der Waals surface area contributed by atoms with E-state index in [1.807, 2.05) is 11.1 Å². The molecule has 2 amide bonds. The number of fused-ring (bicyclic) bond motifs is 6. The third kappa shape index (κ3) is 4.16. The normalized spacial score (nSPS) is 26.0. The van der Waals surface area contributed by atoms with Gasteiger partial charge >= 0.3 is 0 Å². The van der Waals surface area contributed by atoms with E-state index in [4.69, 9.17) is 9.47 Å². The summed E-state index contributed by atoms with van der Waals surface area (Å²) in [5.41, 5.74) is 1.42. The molecule has 6 rings (SSSR count). The molecule has 2 aromatic rings. The summed E-state index contributed by atoms with van der Waals surface area (Å²) in [5, 5.41) is 11.6. The second-order valence-electron chi connectivity index (χ2n) is 8.94. The average molecular weight is 440 g/mol. The number of hydrogen-bond acceptors (Lipinski definition) is 6. The third-order valence-corrected chi connectivity index (χ3v) is 6.90. The lowest BCUT2D eigenvalue weighted by Gasteiger charge is -2.38. The highest BCUT2D eigenvalue weighted by Gasteiger charge is 2.43. The smallest absolute Gasteiger partial charge is 0.251 e. The number of nitrogens with one attached hydrogen (secondary N) is 1. The number of rotatable bonds is 1. The summed E-state index contributed by atoms with van der Waals surface area (Å²) < 4.78 is 13.1. The monoisotopic (exact) mass is 439 g/mol. The second kappa shape index (κ2) is 8.80. The molecule has 1 unspecified atom stereocenters. The Morgan fingerprint density at radius 2 is 1.97 bits per heavy atom. The van der Waals surface area contributed by atoms with Crippen LogP contribution in [0.3, 0.4) is 0 Å². The molecule has 9 heteroatoms. The fourth-order valence-electron chi connectivity index (χ4n) is 5.22. The van der Waals surface area contributed by atoms with Crippen molar-refractivity contribution in [2.45, 2.75) is 44.7 Å². The number of carbonyl (C=O) groups is 2. The topological polar surface area (TPSA) is 98.6 Å². The first-order chi connectivity index (χ1) is 15.6. The van der Waals surface area contributed by atoms with E-state index >= 15 is 0 Å². The van der Waals surface area contributed by atoms with Gasteiger partial charge in [0.25, 0.3) is 5.91 Å². The molecule has 1 saturated heterocycles. The first-order valence-corrected chi connectivity index (χ1v) is 11.4. The lowest BCUT2D eigenvalue weighted by molar-refractivity contribution is -0.133. The van der Waals surface area contributed by atoms with Crippen LogP contribution in [-0.2, 0) is 17.8 Å². The lowest BCUT2D eigenvalue weighted by atomic mass is 9.91. The molecule has 4 heterocycles. The van der Waals surface area contributed by atoms with Crippen molar-refractivity contribution in [3.8, 4) is 11.5 Å². The van der Waals surface area contributed by atoms with Gasteiger partial charge in [-0.05, 0) is 55.7 Å². The maximum absolute atomic E-state index is 13.1. The summed E-state index contributed by atoms with van der Waals surface area (Å²) in [6.07, 6.45) is 5.97. The van der Waals surface area contributed by atoms with Crippen LogP contribution in [0.15, 0.2) is 24.4 Å². The Bertz CT molecular complexity index is 992. The summed E-state index contributed by atoms with van der Waals surface area (Å²) in [4.78, 5) is 27.9. The number of carbonyl (C=O) groups excluding carboxylic acids is 2. The highest BCUT2D eigenvalue weighted by Crippen LogP contribution is 2.37. The zero-order valence-electron chi connectivity index (χ0n) is 18.3. The van der Waals surface area contributed by atoms with Crippen molar-refractivity contribution >= 4 is 11.8 Å². The molecule has 32 heavy (non-hydrogen) atoms. The second-order valence-corrected chi connectivity index (χ2v) is 8.94. The molecule has 170 valence electrons. The number of ether oxygens (including phenoxy) is 2. The van der Waals surface area contributed by atoms with Gasteiger partial charge in [-0.1, -0.05) is 5.21 Å². The van der Waals surface area contributed by atoms with Gasteiger partial charge in [0.2, 0.25) is 5.91 Å². The van der Waals surface area contributed by atoms with Crippen LogP contribution in [0, 0.1) is 11.8 Å². The van der Waals surface area contributed by atoms with Gasteiger partial charge < -0.3 is 19.7 Å². The van der Waals surface area contributed by atoms with Crippen LogP contribution >= 0.6 is 0 Å². The van der Waals surface area contributed by atoms with Gasteiger partial charge in [0, 0.05) is 37.3 Å². The zero-order chi connectivity index (χ0) is 22.1. The average Bonchev–Trinajstić information content (AvgIpc) is 3.32. The van der Waals surface area contributed by atoms with Crippen molar-refractivity contribution in [3.63, 3.8) is 0 Å². The van der Waals surface area contributed by atoms with Gasteiger partial charge in [-0.15, -0.1) is 5.10 Å². The Kier molecular flexibility index (Phi) is 5.71. The van der Waals surface area contributed by atoms with Crippen LogP contribution < -0.4 is 14.8 Å². The minimum Gasteiger partial charge on any atom is -0.493 e. The van der Waals surface area contributed by atoms with Crippen LogP contribution in [-0.4, -0.2) is 64.6 Å². The zero-order valence-corrected chi connectivity index (χ0v) is 18.3. The largest absolute Gasteiger partial charge is 0.493 e. The maximum Gasteiger partial charge on any atom is 0.251 e. The number of hydrogen-bond donors (Lipinski definition) is 1. The summed E-state index contributed by atoms with van der Waals surface area (Å²) >= 11 is 0. The van der Waals surface area contributed by atoms with Gasteiger partial charge in [-0.25, -0.2) is 4.68 Å². The molecule has 9 nitrogen and oxygen atoms in total. The maximum atomic E-state index is 13.1. The third-order valence-electron chi connectivity index (χ3n) is 6.90. The van der Waals surface area contributed by atoms with Crippen molar-refractivity contribution in [2.24, 2.45) is 11.8 Å². The number of benzene rings is 1. The highest BCUT2D eigenvalue weighted by molar-refractivity contribution is 5.95. The van der Waals surface area contributed by atoms with Crippen LogP contribution in [0.2, 0.25) is 0 Å². The number of aromatic nitrogens is 3. The fraction of sp³-hybridized carbons (Fsp3) is 0.565. The number of aryl methyl sites for hydroxylation is 1. The van der Waals surface area contributed by atoms with Gasteiger partial charge in [-0.2, -0.15) is 0 Å². The van der Waals surface area contributed by atoms with Gasteiger partial charge in [-0.3, -0.25) is 9.59 Å². The first-order valence-electron chi connectivity index (χ1n) is 11.4. The van der Waals surface area contributed by atoms with E-state index in [-0.39, 0.29) is 17.9 Å². The Balaban J connectivity index is 1.40. The molecule has 0 spiro atoms. The molecule has 0 radical (unpaired) electrons. The van der Waals surface area contributed by atoms with Crippen molar-refractivity contribution in [3.05, 3.63) is 35.7 Å². The summed E-state index contributed by atoms with van der Waals surface area (Å²) in [6.45, 7) is 2.32. The van der Waals surface area contributed by atoms with Crippen molar-refractivity contribution in [1.29, 1.82) is 0 Å². The quantitative estimate of drug-likeness (QED) is 0.726. The molecule has 1 saturated carbocycles. The Morgan fingerprint density at radius 1 is 1.16 bits per heavy atom. The Morgan fingerprint density at radius 3 is 2.75 bits per heavy atom. The molecule has 3 aliphatic heterocycles. The number of methoxy groups -OCH3 is 1. The van der Waals surface area contributed by atoms with Crippen molar-refractivity contribution in [1.82, 2.24) is 25.2 Å². The molecule has 1 aromatic heterocycles. The predicted octanol–water partition coefficient (Wildman–Crippen LogP) is 1.67. The van der Waals surface area contributed by atoms with E-state index in [9.17, 15) is 9.59 Å². The van der Waals surface area contributed by atoms with Crippen LogP contribution in [0.1, 0.15) is 41.7 Å². The van der Waals surface area contributed by atoms with E-state index in [1.54, 1.807) is 30.0 Å². The molecule has 1 aliphatic carbocycles. The first kappa shape index (κ1) is 20.8. The standard InChI is InChI=1S/C23H29N5O4/c1-31-19-8-7-15-11-20(19)32-10-9-28-14-18(25-26-28)3-2-4-21(29)27-12-16-5-6-17(13-27)22(16)24-23(15)30/h7-8,11,14,16-17,22H,2-6,9-10,12-13H2,1H3,(H,24,30)/t16-,17+,22?. The summed E-state index contributed by atoms with van der Waals surface area (Å²) in [5.74, 6) is 1.80. The SMILES string of the molecule is COc1ccc2cc1OCCn1cc(nn1)CCCC(=O)N1C[C@H]3CC[C@@H](C1)C3NC2=O. The van der Waals surface area contributed by atoms with Gasteiger partial charge in [0.1, 0.15) is 6.61 Å². The summed E-state index contributed by atoms with van der Waals surface area (Å²) in [7, 11) is 1.58. The minimum absolute atomic E-state index is 0.106. The Labute approximate surface area is 187 Å². The predicted molar refractivity (Wildman–Crippen MR) is 115 cm³/mol. The summed E-state index contributed by atoms with van der Waals surface area (Å²) in [6, 6.07) is 5.36. The molecular formula is C23H29N5O4. The molecule has 1 aromatic carbocycles. The van der Waals surface area contributed by atoms with E-state index in [0.717, 1.165) is 31.4 Å². The lowest BCUT2D eigenvalue weighted by Crippen LogP contribution is -2.53. The molecule has 1 N–H and O–H groups in total. The minimum atomic E-state index is -0.113. The molecule has 3 atom stereocenters. The van der Waals surface area contributed by atoms with Crippen LogP contribution in [0.25, 0.3) is 0 Å². The number of nitrogens with zero attached hydrogens (tertiary/aromatic N) is 4. The Hall–Kier alpha value is -3.10. The van der Waals surface area contributed by atoms with Crippen LogP contribution in [0.5, 0.6) is 11.5 Å². The molecule has 2 fully saturated rings. The van der Waals surface area contributed by atoms with E-state index in [1.165, 1.54) is 0 Å². The van der Waals surface area contributed by atoms with E-state index in [0.29, 0.717) is 61.6 Å². The van der Waals surface area contributed by atoms with Gasteiger partial charge in [0.15, 0.2) is 11.5 Å². The van der Waals surface area contributed by atoms with Gasteiger partial charge in [0.05, 0.1) is 19.3 Å². The fourth-order valence-corrected chi connectivity index (χ4v) is 5.22. The molecule has 8 bridgehead atoms.